The monoisotopic (exact) mass is 443 g/mol. The van der Waals surface area contributed by atoms with Crippen LogP contribution in [-0.2, 0) is 21.2 Å². The fraction of sp³-hybridized carbons (Fsp3) is 0.286. The molecule has 0 unspecified atom stereocenters. The zero-order valence-electron chi connectivity index (χ0n) is 17.1. The first-order chi connectivity index (χ1) is 14.9. The SMILES string of the molecule is CCOc1ccccc1-c1noc(CN2C(=O)COc3ccc(S(=O)(=O)CC)cc32)n1. The molecule has 2 aromatic carbocycles. The number of benzene rings is 2. The number of nitrogens with zero attached hydrogens (tertiary/aromatic N) is 3. The van der Waals surface area contributed by atoms with E-state index in [1.165, 1.54) is 17.0 Å². The molecule has 10 heteroatoms. The Morgan fingerprint density at radius 3 is 2.74 bits per heavy atom. The van der Waals surface area contributed by atoms with Crippen LogP contribution in [0.5, 0.6) is 11.5 Å². The number of hydrogen-bond donors (Lipinski definition) is 0. The number of sulfone groups is 1. The Hall–Kier alpha value is -3.40. The maximum Gasteiger partial charge on any atom is 0.265 e. The number of anilines is 1. The van der Waals surface area contributed by atoms with Gasteiger partial charge in [-0.1, -0.05) is 24.2 Å². The molecule has 1 amide bonds. The van der Waals surface area contributed by atoms with E-state index >= 15 is 0 Å². The molecule has 0 fully saturated rings. The standard InChI is InChI=1S/C21H21N3O6S/c1-3-28-17-8-6-5-7-15(17)21-22-19(30-23-21)12-24-16-11-14(31(26,27)4-2)9-10-18(16)29-13-20(24)25/h5-11H,3-4,12-13H2,1-2H3. The lowest BCUT2D eigenvalue weighted by Crippen LogP contribution is -2.38. The van der Waals surface area contributed by atoms with Crippen molar-refractivity contribution < 1.29 is 27.2 Å². The molecule has 0 saturated carbocycles. The molecule has 0 atom stereocenters. The minimum atomic E-state index is -3.45. The molecule has 3 aromatic rings. The molecule has 0 aliphatic carbocycles. The summed E-state index contributed by atoms with van der Waals surface area (Å²) in [6.45, 7) is 3.75. The Balaban J connectivity index is 1.66. The Labute approximate surface area is 179 Å². The van der Waals surface area contributed by atoms with Crippen LogP contribution in [0.2, 0.25) is 0 Å². The van der Waals surface area contributed by atoms with E-state index in [2.05, 4.69) is 10.1 Å². The lowest BCUT2D eigenvalue weighted by atomic mass is 10.2. The maximum absolute atomic E-state index is 12.5. The highest BCUT2D eigenvalue weighted by atomic mass is 32.2. The summed E-state index contributed by atoms with van der Waals surface area (Å²) in [5, 5.41) is 4.01. The fourth-order valence-electron chi connectivity index (χ4n) is 3.21. The third-order valence-electron chi connectivity index (χ3n) is 4.80. The predicted molar refractivity (Wildman–Crippen MR) is 112 cm³/mol. The zero-order chi connectivity index (χ0) is 22.0. The average molecular weight is 443 g/mol. The summed E-state index contributed by atoms with van der Waals surface area (Å²) >= 11 is 0. The molecule has 31 heavy (non-hydrogen) atoms. The van der Waals surface area contributed by atoms with Crippen LogP contribution in [0.25, 0.3) is 11.4 Å². The first-order valence-electron chi connectivity index (χ1n) is 9.77. The van der Waals surface area contributed by atoms with Gasteiger partial charge in [0, 0.05) is 0 Å². The molecular weight excluding hydrogens is 422 g/mol. The number of carbonyl (C=O) groups is 1. The van der Waals surface area contributed by atoms with Crippen molar-refractivity contribution in [3.8, 4) is 22.9 Å². The van der Waals surface area contributed by atoms with Crippen LogP contribution >= 0.6 is 0 Å². The number of fused-ring (bicyclic) bond motifs is 1. The van der Waals surface area contributed by atoms with Gasteiger partial charge in [0.05, 0.1) is 28.5 Å². The lowest BCUT2D eigenvalue weighted by molar-refractivity contribution is -0.121. The summed E-state index contributed by atoms with van der Waals surface area (Å²) < 4.78 is 41.0. The van der Waals surface area contributed by atoms with Crippen molar-refractivity contribution >= 4 is 21.4 Å². The summed E-state index contributed by atoms with van der Waals surface area (Å²) in [7, 11) is -3.45. The van der Waals surface area contributed by atoms with Crippen LogP contribution in [0.3, 0.4) is 0 Å². The highest BCUT2D eigenvalue weighted by Gasteiger charge is 2.29. The van der Waals surface area contributed by atoms with E-state index in [4.69, 9.17) is 14.0 Å². The van der Waals surface area contributed by atoms with Crippen molar-refractivity contribution in [1.29, 1.82) is 0 Å². The molecule has 162 valence electrons. The highest BCUT2D eigenvalue weighted by Crippen LogP contribution is 2.35. The normalized spacial score (nSPS) is 13.6. The highest BCUT2D eigenvalue weighted by molar-refractivity contribution is 7.91. The first kappa shape index (κ1) is 20.9. The molecule has 1 aliphatic heterocycles. The third-order valence-corrected chi connectivity index (χ3v) is 6.53. The summed E-state index contributed by atoms with van der Waals surface area (Å²) in [6, 6.07) is 11.8. The van der Waals surface area contributed by atoms with Crippen molar-refractivity contribution in [2.24, 2.45) is 0 Å². The second kappa shape index (κ2) is 8.38. The van der Waals surface area contributed by atoms with E-state index in [0.29, 0.717) is 35.2 Å². The van der Waals surface area contributed by atoms with Crippen LogP contribution in [0.1, 0.15) is 19.7 Å². The summed E-state index contributed by atoms with van der Waals surface area (Å²) in [5.41, 5.74) is 1.02. The van der Waals surface area contributed by atoms with Gasteiger partial charge in [-0.05, 0) is 37.3 Å². The van der Waals surface area contributed by atoms with Gasteiger partial charge in [-0.15, -0.1) is 0 Å². The minimum Gasteiger partial charge on any atom is -0.493 e. The van der Waals surface area contributed by atoms with Crippen molar-refractivity contribution in [2.75, 3.05) is 23.9 Å². The van der Waals surface area contributed by atoms with E-state index in [9.17, 15) is 13.2 Å². The second-order valence-electron chi connectivity index (χ2n) is 6.74. The van der Waals surface area contributed by atoms with Crippen molar-refractivity contribution in [3.63, 3.8) is 0 Å². The molecular formula is C21H21N3O6S. The Morgan fingerprint density at radius 2 is 1.97 bits per heavy atom. The summed E-state index contributed by atoms with van der Waals surface area (Å²) in [6.07, 6.45) is 0. The number of para-hydroxylation sites is 1. The third kappa shape index (κ3) is 4.11. The predicted octanol–water partition coefficient (Wildman–Crippen LogP) is 2.85. The average Bonchev–Trinajstić information content (AvgIpc) is 3.24. The molecule has 0 radical (unpaired) electrons. The number of carbonyl (C=O) groups excluding carboxylic acids is 1. The number of rotatable bonds is 7. The Kier molecular flexibility index (Phi) is 5.64. The number of ether oxygens (including phenoxy) is 2. The quantitative estimate of drug-likeness (QED) is 0.548. The molecule has 0 bridgehead atoms. The van der Waals surface area contributed by atoms with E-state index < -0.39 is 9.84 Å². The Morgan fingerprint density at radius 1 is 1.16 bits per heavy atom. The smallest absolute Gasteiger partial charge is 0.265 e. The van der Waals surface area contributed by atoms with Gasteiger partial charge < -0.3 is 14.0 Å². The van der Waals surface area contributed by atoms with Crippen LogP contribution < -0.4 is 14.4 Å². The topological polar surface area (TPSA) is 112 Å². The molecule has 0 N–H and O–H groups in total. The zero-order valence-corrected chi connectivity index (χ0v) is 17.9. The lowest BCUT2D eigenvalue weighted by Gasteiger charge is -2.28. The van der Waals surface area contributed by atoms with Gasteiger partial charge in [-0.25, -0.2) is 8.42 Å². The molecule has 4 rings (SSSR count). The van der Waals surface area contributed by atoms with Gasteiger partial charge in [0.1, 0.15) is 18.0 Å². The number of amides is 1. The largest absolute Gasteiger partial charge is 0.493 e. The summed E-state index contributed by atoms with van der Waals surface area (Å²) in [5.74, 6) is 1.18. The van der Waals surface area contributed by atoms with Gasteiger partial charge in [0.15, 0.2) is 16.4 Å². The number of hydrogen-bond acceptors (Lipinski definition) is 8. The molecule has 1 aromatic heterocycles. The van der Waals surface area contributed by atoms with E-state index in [-0.39, 0.29) is 35.6 Å². The maximum atomic E-state index is 12.5. The van der Waals surface area contributed by atoms with Crippen molar-refractivity contribution in [1.82, 2.24) is 10.1 Å². The Bertz CT molecular complexity index is 1220. The van der Waals surface area contributed by atoms with Crippen LogP contribution in [0.15, 0.2) is 51.9 Å². The van der Waals surface area contributed by atoms with Gasteiger partial charge >= 0.3 is 0 Å². The second-order valence-corrected chi connectivity index (χ2v) is 9.02. The van der Waals surface area contributed by atoms with Gasteiger partial charge in [-0.2, -0.15) is 4.98 Å². The van der Waals surface area contributed by atoms with Gasteiger partial charge in [0.25, 0.3) is 5.91 Å². The van der Waals surface area contributed by atoms with E-state index in [1.54, 1.807) is 13.0 Å². The van der Waals surface area contributed by atoms with Crippen LogP contribution in [0.4, 0.5) is 5.69 Å². The van der Waals surface area contributed by atoms with Gasteiger partial charge in [0.2, 0.25) is 11.7 Å². The van der Waals surface area contributed by atoms with Crippen molar-refractivity contribution in [2.45, 2.75) is 25.3 Å². The molecule has 0 saturated heterocycles. The minimum absolute atomic E-state index is 0.0192. The van der Waals surface area contributed by atoms with Crippen LogP contribution in [0, 0.1) is 0 Å². The van der Waals surface area contributed by atoms with E-state index in [0.717, 1.165) is 0 Å². The van der Waals surface area contributed by atoms with Crippen molar-refractivity contribution in [3.05, 3.63) is 48.4 Å². The molecule has 9 nitrogen and oxygen atoms in total. The fourth-order valence-corrected chi connectivity index (χ4v) is 4.11. The molecule has 2 heterocycles. The molecule has 0 spiro atoms. The first-order valence-corrected chi connectivity index (χ1v) is 11.4. The van der Waals surface area contributed by atoms with Crippen LogP contribution in [-0.4, -0.2) is 43.4 Å². The van der Waals surface area contributed by atoms with Gasteiger partial charge in [-0.3, -0.25) is 9.69 Å². The van der Waals surface area contributed by atoms with E-state index in [1.807, 2.05) is 31.2 Å². The number of aromatic nitrogens is 2. The molecule has 1 aliphatic rings. The summed E-state index contributed by atoms with van der Waals surface area (Å²) in [4.78, 5) is 18.5.